The number of Topliss-reactive ketones (excluding diaryl/α,β-unsaturated/α-hetero) is 1. The van der Waals surface area contributed by atoms with Crippen molar-refractivity contribution in [3.8, 4) is 5.75 Å². The number of carbonyl (C=O) groups is 2. The van der Waals surface area contributed by atoms with Crippen molar-refractivity contribution in [3.63, 3.8) is 0 Å². The van der Waals surface area contributed by atoms with Crippen molar-refractivity contribution in [1.82, 2.24) is 5.16 Å². The van der Waals surface area contributed by atoms with Crippen LogP contribution in [0.5, 0.6) is 5.75 Å². The Hall–Kier alpha value is -4.39. The summed E-state index contributed by atoms with van der Waals surface area (Å²) in [4.78, 5) is 27.7. The van der Waals surface area contributed by atoms with Gasteiger partial charge in [0.1, 0.15) is 17.3 Å². The van der Waals surface area contributed by atoms with Gasteiger partial charge in [0.15, 0.2) is 5.82 Å². The predicted molar refractivity (Wildman–Crippen MR) is 128 cm³/mol. The van der Waals surface area contributed by atoms with Gasteiger partial charge in [-0.15, -0.1) is 0 Å². The number of hydrogen-bond donors (Lipinski definition) is 1. The second-order valence-electron chi connectivity index (χ2n) is 8.03. The molecule has 1 N–H and O–H groups in total. The number of aryl methyl sites for hydroxylation is 1. The van der Waals surface area contributed by atoms with Gasteiger partial charge in [0, 0.05) is 11.6 Å². The molecular formula is C27H22N2O5. The Morgan fingerprint density at radius 3 is 2.44 bits per heavy atom. The number of fused-ring (bicyclic) bond motifs is 1. The number of ether oxygens (including phenoxy) is 1. The van der Waals surface area contributed by atoms with E-state index in [1.54, 1.807) is 49.4 Å². The normalized spacial score (nSPS) is 17.5. The molecule has 0 unspecified atom stereocenters. The van der Waals surface area contributed by atoms with Gasteiger partial charge in [-0.05, 0) is 48.4 Å². The average Bonchev–Trinajstić information content (AvgIpc) is 3.39. The molecule has 0 bridgehead atoms. The molecule has 0 radical (unpaired) electrons. The Morgan fingerprint density at radius 1 is 1.03 bits per heavy atom. The van der Waals surface area contributed by atoms with Gasteiger partial charge in [-0.1, -0.05) is 53.7 Å². The Labute approximate surface area is 195 Å². The molecule has 5 rings (SSSR count). The maximum absolute atomic E-state index is 13.2. The summed E-state index contributed by atoms with van der Waals surface area (Å²) in [6.45, 7) is 4.10. The van der Waals surface area contributed by atoms with Gasteiger partial charge < -0.3 is 14.4 Å². The van der Waals surface area contributed by atoms with Gasteiger partial charge in [0.2, 0.25) is 0 Å². The Bertz CT molecular complexity index is 1430. The molecule has 1 fully saturated rings. The molecule has 1 aliphatic rings. The van der Waals surface area contributed by atoms with E-state index < -0.39 is 17.7 Å². The lowest BCUT2D eigenvalue weighted by atomic mass is 9.94. The number of rotatable bonds is 5. The number of aromatic nitrogens is 1. The van der Waals surface area contributed by atoms with Crippen LogP contribution in [-0.4, -0.2) is 28.6 Å². The fraction of sp³-hybridized carbons (Fsp3) is 0.148. The Morgan fingerprint density at radius 2 is 1.76 bits per heavy atom. The van der Waals surface area contributed by atoms with Crippen molar-refractivity contribution in [3.05, 3.63) is 95.3 Å². The number of nitrogens with zero attached hydrogens (tertiary/aromatic N) is 2. The summed E-state index contributed by atoms with van der Waals surface area (Å²) < 4.78 is 10.7. The number of amides is 1. The minimum absolute atomic E-state index is 0.00917. The van der Waals surface area contributed by atoms with Gasteiger partial charge in [-0.25, -0.2) is 0 Å². The number of aliphatic hydroxyl groups is 1. The van der Waals surface area contributed by atoms with Crippen molar-refractivity contribution in [2.75, 3.05) is 11.5 Å². The minimum atomic E-state index is -0.883. The maximum Gasteiger partial charge on any atom is 0.301 e. The van der Waals surface area contributed by atoms with E-state index >= 15 is 0 Å². The number of ketones is 1. The number of hydrogen-bond acceptors (Lipinski definition) is 6. The molecule has 170 valence electrons. The lowest BCUT2D eigenvalue weighted by Gasteiger charge is -2.23. The van der Waals surface area contributed by atoms with Crippen LogP contribution in [0.15, 0.2) is 82.9 Å². The highest BCUT2D eigenvalue weighted by molar-refractivity contribution is 6.51. The number of carbonyl (C=O) groups excluding carboxylic acids is 2. The highest BCUT2D eigenvalue weighted by Gasteiger charge is 2.48. The first-order valence-electron chi connectivity index (χ1n) is 10.9. The van der Waals surface area contributed by atoms with E-state index in [1.807, 2.05) is 37.3 Å². The first-order chi connectivity index (χ1) is 16.5. The molecule has 34 heavy (non-hydrogen) atoms. The minimum Gasteiger partial charge on any atom is -0.507 e. The molecule has 1 amide bonds. The van der Waals surface area contributed by atoms with E-state index in [2.05, 4.69) is 5.16 Å². The number of benzene rings is 3. The molecule has 3 aromatic carbocycles. The molecule has 4 aromatic rings. The lowest BCUT2D eigenvalue weighted by molar-refractivity contribution is -0.132. The van der Waals surface area contributed by atoms with Crippen LogP contribution < -0.4 is 9.64 Å². The molecule has 1 aliphatic heterocycles. The standard InChI is InChI=1S/C27H22N2O5/c1-3-33-21-12-10-18(11-13-21)24-23(26(31)27(32)29(24)22-14-16(2)34-28-22)25(30)20-9-8-17-6-4-5-7-19(17)15-20/h4-15,24,30H,3H2,1-2H3/t24-/m1/s1. The van der Waals surface area contributed by atoms with E-state index in [4.69, 9.17) is 9.26 Å². The van der Waals surface area contributed by atoms with E-state index in [9.17, 15) is 14.7 Å². The highest BCUT2D eigenvalue weighted by Crippen LogP contribution is 2.42. The summed E-state index contributed by atoms with van der Waals surface area (Å²) in [6.07, 6.45) is 0. The average molecular weight is 454 g/mol. The second kappa shape index (κ2) is 8.51. The predicted octanol–water partition coefficient (Wildman–Crippen LogP) is 5.16. The first kappa shape index (κ1) is 21.5. The zero-order valence-corrected chi connectivity index (χ0v) is 18.7. The van der Waals surface area contributed by atoms with E-state index in [0.29, 0.717) is 29.2 Å². The summed E-state index contributed by atoms with van der Waals surface area (Å²) in [6, 6.07) is 20.9. The van der Waals surface area contributed by atoms with Crippen LogP contribution in [0.4, 0.5) is 5.82 Å². The van der Waals surface area contributed by atoms with Crippen molar-refractivity contribution >= 4 is 34.0 Å². The van der Waals surface area contributed by atoms with Crippen molar-refractivity contribution in [1.29, 1.82) is 0 Å². The molecule has 0 spiro atoms. The molecule has 2 heterocycles. The van der Waals surface area contributed by atoms with E-state index in [0.717, 1.165) is 10.8 Å². The maximum atomic E-state index is 13.2. The van der Waals surface area contributed by atoms with Gasteiger partial charge in [0.25, 0.3) is 5.78 Å². The van der Waals surface area contributed by atoms with E-state index in [1.165, 1.54) is 4.90 Å². The molecule has 0 saturated carbocycles. The van der Waals surface area contributed by atoms with Gasteiger partial charge >= 0.3 is 5.91 Å². The van der Waals surface area contributed by atoms with Crippen LogP contribution in [0.3, 0.4) is 0 Å². The third-order valence-electron chi connectivity index (χ3n) is 5.84. The quantitative estimate of drug-likeness (QED) is 0.254. The lowest BCUT2D eigenvalue weighted by Crippen LogP contribution is -2.29. The molecular weight excluding hydrogens is 432 g/mol. The summed E-state index contributed by atoms with van der Waals surface area (Å²) in [5.74, 6) is -0.451. The third kappa shape index (κ3) is 3.61. The Balaban J connectivity index is 1.69. The summed E-state index contributed by atoms with van der Waals surface area (Å²) in [5.41, 5.74) is 1.07. The van der Waals surface area contributed by atoms with Crippen LogP contribution in [0.1, 0.15) is 29.9 Å². The molecule has 1 saturated heterocycles. The zero-order chi connectivity index (χ0) is 23.8. The van der Waals surface area contributed by atoms with Gasteiger partial charge in [-0.3, -0.25) is 14.5 Å². The zero-order valence-electron chi connectivity index (χ0n) is 18.7. The molecule has 1 atom stereocenters. The van der Waals surface area contributed by atoms with Crippen molar-refractivity contribution in [2.24, 2.45) is 0 Å². The SMILES string of the molecule is CCOc1ccc([C@@H]2C(=C(O)c3ccc4ccccc4c3)C(=O)C(=O)N2c2cc(C)on2)cc1. The monoisotopic (exact) mass is 454 g/mol. The number of anilines is 1. The van der Waals surface area contributed by atoms with Crippen molar-refractivity contribution < 1.29 is 24.0 Å². The fourth-order valence-corrected chi connectivity index (χ4v) is 4.26. The topological polar surface area (TPSA) is 92.9 Å². The van der Waals surface area contributed by atoms with Crippen LogP contribution in [0.25, 0.3) is 16.5 Å². The summed E-state index contributed by atoms with van der Waals surface area (Å²) >= 11 is 0. The van der Waals surface area contributed by atoms with Crippen LogP contribution in [-0.2, 0) is 9.59 Å². The van der Waals surface area contributed by atoms with Crippen LogP contribution >= 0.6 is 0 Å². The molecule has 7 nitrogen and oxygen atoms in total. The molecule has 0 aliphatic carbocycles. The third-order valence-corrected chi connectivity index (χ3v) is 5.84. The van der Waals surface area contributed by atoms with Gasteiger partial charge in [-0.2, -0.15) is 0 Å². The number of aliphatic hydroxyl groups excluding tert-OH is 1. The largest absolute Gasteiger partial charge is 0.507 e. The fourth-order valence-electron chi connectivity index (χ4n) is 4.26. The highest BCUT2D eigenvalue weighted by atomic mass is 16.5. The Kier molecular flexibility index (Phi) is 5.37. The summed E-state index contributed by atoms with van der Waals surface area (Å²) in [7, 11) is 0. The van der Waals surface area contributed by atoms with Crippen LogP contribution in [0.2, 0.25) is 0 Å². The summed E-state index contributed by atoms with van der Waals surface area (Å²) in [5, 5.41) is 17.2. The smallest absolute Gasteiger partial charge is 0.301 e. The second-order valence-corrected chi connectivity index (χ2v) is 8.03. The van der Waals surface area contributed by atoms with E-state index in [-0.39, 0.29) is 17.2 Å². The first-order valence-corrected chi connectivity index (χ1v) is 10.9. The molecule has 7 heteroatoms. The molecule has 1 aromatic heterocycles. The van der Waals surface area contributed by atoms with Gasteiger partial charge in [0.05, 0.1) is 18.2 Å². The van der Waals surface area contributed by atoms with Crippen LogP contribution in [0, 0.1) is 6.92 Å². The van der Waals surface area contributed by atoms with Crippen molar-refractivity contribution in [2.45, 2.75) is 19.9 Å².